The van der Waals surface area contributed by atoms with Gasteiger partial charge >= 0.3 is 0 Å². The van der Waals surface area contributed by atoms with Gasteiger partial charge in [-0.2, -0.15) is 0 Å². The summed E-state index contributed by atoms with van der Waals surface area (Å²) in [7, 11) is 0. The van der Waals surface area contributed by atoms with E-state index in [1.54, 1.807) is 11.3 Å². The van der Waals surface area contributed by atoms with Crippen molar-refractivity contribution in [3.05, 3.63) is 34.2 Å². The first-order valence-corrected chi connectivity index (χ1v) is 7.00. The van der Waals surface area contributed by atoms with E-state index in [1.807, 2.05) is 12.1 Å². The molecule has 0 spiro atoms. The van der Waals surface area contributed by atoms with E-state index < -0.39 is 0 Å². The molecule has 1 aromatic carbocycles. The average Bonchev–Trinajstić information content (AvgIpc) is 2.67. The second-order valence-electron chi connectivity index (χ2n) is 3.94. The van der Waals surface area contributed by atoms with E-state index in [0.717, 1.165) is 36.3 Å². The first-order valence-electron chi connectivity index (χ1n) is 5.80. The Morgan fingerprint density at radius 3 is 2.82 bits per heavy atom. The molecule has 0 saturated heterocycles. The van der Waals surface area contributed by atoms with E-state index in [2.05, 4.69) is 17.4 Å². The molecule has 0 aliphatic rings. The summed E-state index contributed by atoms with van der Waals surface area (Å²) >= 11 is 8.07. The highest BCUT2D eigenvalue weighted by molar-refractivity contribution is 7.19. The minimum Gasteiger partial charge on any atom is -0.396 e. The van der Waals surface area contributed by atoms with E-state index in [0.29, 0.717) is 0 Å². The zero-order chi connectivity index (χ0) is 12.1. The van der Waals surface area contributed by atoms with Crippen molar-refractivity contribution < 1.29 is 5.11 Å². The van der Waals surface area contributed by atoms with E-state index in [9.17, 15) is 0 Å². The molecule has 0 fully saturated rings. The Morgan fingerprint density at radius 2 is 2.06 bits per heavy atom. The third-order valence-electron chi connectivity index (χ3n) is 2.65. The van der Waals surface area contributed by atoms with Gasteiger partial charge in [-0.05, 0) is 25.5 Å². The molecule has 1 heterocycles. The maximum Gasteiger partial charge on any atom is 0.0636 e. The quantitative estimate of drug-likeness (QED) is 0.788. The van der Waals surface area contributed by atoms with Gasteiger partial charge in [0, 0.05) is 28.1 Å². The normalized spacial score (nSPS) is 11.2. The lowest BCUT2D eigenvalue weighted by Crippen LogP contribution is -2.14. The van der Waals surface area contributed by atoms with Crippen molar-refractivity contribution in [3.63, 3.8) is 0 Å². The maximum absolute atomic E-state index is 8.68. The summed E-state index contributed by atoms with van der Waals surface area (Å²) in [6.07, 6.45) is 1.85. The highest BCUT2D eigenvalue weighted by Gasteiger charge is 2.08. The molecule has 2 aromatic rings. The van der Waals surface area contributed by atoms with Crippen molar-refractivity contribution in [1.82, 2.24) is 5.32 Å². The second kappa shape index (κ2) is 6.36. The number of benzene rings is 1. The summed E-state index contributed by atoms with van der Waals surface area (Å²) in [5, 5.41) is 14.0. The number of unbranched alkanes of at least 4 members (excludes halogenated alkanes) is 1. The lowest BCUT2D eigenvalue weighted by atomic mass is 10.2. The van der Waals surface area contributed by atoms with Gasteiger partial charge in [0.05, 0.1) is 5.02 Å². The molecule has 2 N–H and O–H groups in total. The zero-order valence-electron chi connectivity index (χ0n) is 9.58. The Balaban J connectivity index is 1.97. The predicted molar refractivity (Wildman–Crippen MR) is 74.9 cm³/mol. The van der Waals surface area contributed by atoms with Crippen LogP contribution in [0.2, 0.25) is 5.02 Å². The molecule has 2 rings (SSSR count). The molecule has 1 aromatic heterocycles. The van der Waals surface area contributed by atoms with Crippen molar-refractivity contribution in [2.24, 2.45) is 0 Å². The van der Waals surface area contributed by atoms with Gasteiger partial charge in [-0.1, -0.05) is 29.8 Å². The van der Waals surface area contributed by atoms with Gasteiger partial charge in [0.25, 0.3) is 0 Å². The molecule has 0 radical (unpaired) electrons. The van der Waals surface area contributed by atoms with Crippen LogP contribution in [0.5, 0.6) is 0 Å². The van der Waals surface area contributed by atoms with Gasteiger partial charge in [-0.15, -0.1) is 11.3 Å². The first-order chi connectivity index (χ1) is 8.33. The van der Waals surface area contributed by atoms with Crippen molar-refractivity contribution in [2.75, 3.05) is 13.2 Å². The summed E-state index contributed by atoms with van der Waals surface area (Å²) in [5.41, 5.74) is 0. The molecule has 92 valence electrons. The molecule has 0 aliphatic carbocycles. The van der Waals surface area contributed by atoms with Gasteiger partial charge in [-0.25, -0.2) is 0 Å². The third kappa shape index (κ3) is 3.19. The molecular formula is C13H16ClNOS. The topological polar surface area (TPSA) is 32.3 Å². The number of nitrogens with one attached hydrogen (secondary N) is 1. The Bertz CT molecular complexity index is 483. The van der Waals surface area contributed by atoms with E-state index in [1.165, 1.54) is 9.58 Å². The smallest absolute Gasteiger partial charge is 0.0636 e. The summed E-state index contributed by atoms with van der Waals surface area (Å²) in [5.74, 6) is 0. The number of rotatable bonds is 6. The molecule has 17 heavy (non-hydrogen) atoms. The lowest BCUT2D eigenvalue weighted by molar-refractivity contribution is 0.283. The van der Waals surface area contributed by atoms with Crippen LogP contribution in [0.15, 0.2) is 24.3 Å². The molecule has 0 atom stereocenters. The summed E-state index contributed by atoms with van der Waals surface area (Å²) in [6.45, 7) is 2.00. The maximum atomic E-state index is 8.68. The van der Waals surface area contributed by atoms with Crippen LogP contribution in [0.25, 0.3) is 10.1 Å². The molecule has 0 saturated carbocycles. The Hall–Kier alpha value is -0.610. The van der Waals surface area contributed by atoms with Crippen LogP contribution < -0.4 is 5.32 Å². The fourth-order valence-electron chi connectivity index (χ4n) is 1.74. The molecule has 0 aliphatic heterocycles. The van der Waals surface area contributed by atoms with Crippen LogP contribution >= 0.6 is 22.9 Å². The van der Waals surface area contributed by atoms with Gasteiger partial charge in [0.1, 0.15) is 0 Å². The second-order valence-corrected chi connectivity index (χ2v) is 5.46. The van der Waals surface area contributed by atoms with Crippen molar-refractivity contribution in [2.45, 2.75) is 19.4 Å². The van der Waals surface area contributed by atoms with E-state index >= 15 is 0 Å². The summed E-state index contributed by atoms with van der Waals surface area (Å²) in [6, 6.07) is 8.21. The summed E-state index contributed by atoms with van der Waals surface area (Å²) < 4.78 is 1.24. The van der Waals surface area contributed by atoms with Crippen LogP contribution in [0.1, 0.15) is 17.7 Å². The number of halogens is 1. The lowest BCUT2D eigenvalue weighted by Gasteiger charge is -2.02. The minimum atomic E-state index is 0.269. The number of aliphatic hydroxyl groups is 1. The molecule has 0 amide bonds. The fraction of sp³-hybridized carbons (Fsp3) is 0.385. The Morgan fingerprint density at radius 1 is 1.24 bits per heavy atom. The van der Waals surface area contributed by atoms with Gasteiger partial charge in [0.15, 0.2) is 0 Å². The highest BCUT2D eigenvalue weighted by Crippen LogP contribution is 2.34. The van der Waals surface area contributed by atoms with Gasteiger partial charge in [0.2, 0.25) is 0 Å². The van der Waals surface area contributed by atoms with Crippen LogP contribution in [0, 0.1) is 0 Å². The predicted octanol–water partition coefficient (Wildman–Crippen LogP) is 3.42. The van der Waals surface area contributed by atoms with Crippen molar-refractivity contribution >= 4 is 33.0 Å². The largest absolute Gasteiger partial charge is 0.396 e. The molecule has 2 nitrogen and oxygen atoms in total. The Labute approximate surface area is 110 Å². The van der Waals surface area contributed by atoms with Crippen molar-refractivity contribution in [3.8, 4) is 0 Å². The molecular weight excluding hydrogens is 254 g/mol. The molecule has 0 unspecified atom stereocenters. The molecule has 0 bridgehead atoms. The zero-order valence-corrected chi connectivity index (χ0v) is 11.2. The minimum absolute atomic E-state index is 0.269. The standard InChI is InChI=1S/C13H16ClNOS/c14-13-10-5-1-2-6-11(10)17-12(13)9-15-7-3-4-8-16/h1-2,5-6,15-16H,3-4,7-9H2. The highest BCUT2D eigenvalue weighted by atomic mass is 35.5. The fourth-order valence-corrected chi connectivity index (χ4v) is 3.21. The van der Waals surface area contributed by atoms with Gasteiger partial charge in [-0.3, -0.25) is 0 Å². The molecule has 4 heteroatoms. The average molecular weight is 270 g/mol. The van der Waals surface area contributed by atoms with Crippen molar-refractivity contribution in [1.29, 1.82) is 0 Å². The van der Waals surface area contributed by atoms with Crippen LogP contribution in [0.3, 0.4) is 0 Å². The number of hydrogen-bond acceptors (Lipinski definition) is 3. The van der Waals surface area contributed by atoms with E-state index in [4.69, 9.17) is 16.7 Å². The van der Waals surface area contributed by atoms with Crippen LogP contribution in [-0.4, -0.2) is 18.3 Å². The van der Waals surface area contributed by atoms with Crippen LogP contribution in [0.4, 0.5) is 0 Å². The van der Waals surface area contributed by atoms with Crippen LogP contribution in [-0.2, 0) is 6.54 Å². The third-order valence-corrected chi connectivity index (χ3v) is 4.36. The number of thiophene rings is 1. The number of hydrogen-bond donors (Lipinski definition) is 2. The van der Waals surface area contributed by atoms with Gasteiger partial charge < -0.3 is 10.4 Å². The summed E-state index contributed by atoms with van der Waals surface area (Å²) in [4.78, 5) is 1.19. The number of aliphatic hydroxyl groups excluding tert-OH is 1. The Kier molecular flexibility index (Phi) is 4.80. The number of fused-ring (bicyclic) bond motifs is 1. The SMILES string of the molecule is OCCCCNCc1sc2ccccc2c1Cl. The monoisotopic (exact) mass is 269 g/mol. The first kappa shape index (κ1) is 12.8. The van der Waals surface area contributed by atoms with E-state index in [-0.39, 0.29) is 6.61 Å².